The molecule has 2 heterocycles. The number of fused-ring (bicyclic) bond motifs is 1. The van der Waals surface area contributed by atoms with Crippen LogP contribution in [-0.2, 0) is 9.53 Å². The molecule has 162 valence electrons. The summed E-state index contributed by atoms with van der Waals surface area (Å²) >= 11 is 12.2. The van der Waals surface area contributed by atoms with Gasteiger partial charge in [-0.2, -0.15) is 0 Å². The van der Waals surface area contributed by atoms with Gasteiger partial charge < -0.3 is 30.2 Å². The maximum atomic E-state index is 12.9. The molecule has 2 amide bonds. The van der Waals surface area contributed by atoms with Gasteiger partial charge in [-0.25, -0.2) is 9.59 Å². The Bertz CT molecular complexity index is 1070. The molecule has 0 saturated heterocycles. The number of benzene rings is 2. The van der Waals surface area contributed by atoms with Crippen molar-refractivity contribution < 1.29 is 23.8 Å². The van der Waals surface area contributed by atoms with Crippen molar-refractivity contribution in [2.45, 2.75) is 13.0 Å². The van der Waals surface area contributed by atoms with Gasteiger partial charge in [0.2, 0.25) is 6.79 Å². The number of hydrogen-bond donors (Lipinski definition) is 3. The van der Waals surface area contributed by atoms with E-state index in [4.69, 9.17) is 37.4 Å². The van der Waals surface area contributed by atoms with E-state index in [1.54, 1.807) is 43.3 Å². The zero-order chi connectivity index (χ0) is 22.0. The van der Waals surface area contributed by atoms with E-state index in [1.165, 1.54) is 0 Å². The van der Waals surface area contributed by atoms with Crippen LogP contribution < -0.4 is 25.4 Å². The summed E-state index contributed by atoms with van der Waals surface area (Å²) in [5.74, 6) is 0.600. The molecule has 2 aliphatic rings. The molecule has 0 radical (unpaired) electrons. The van der Waals surface area contributed by atoms with Crippen LogP contribution in [0.25, 0.3) is 0 Å². The van der Waals surface area contributed by atoms with Crippen LogP contribution in [0.15, 0.2) is 47.7 Å². The van der Waals surface area contributed by atoms with E-state index in [0.29, 0.717) is 38.5 Å². The molecule has 0 unspecified atom stereocenters. The highest BCUT2D eigenvalue weighted by Gasteiger charge is 2.34. The van der Waals surface area contributed by atoms with E-state index >= 15 is 0 Å². The highest BCUT2D eigenvalue weighted by molar-refractivity contribution is 6.36. The molecule has 0 aromatic heterocycles. The minimum atomic E-state index is -0.736. The molecule has 0 saturated carbocycles. The molecule has 0 spiro atoms. The van der Waals surface area contributed by atoms with Gasteiger partial charge in [0.1, 0.15) is 0 Å². The number of esters is 1. The minimum Gasteiger partial charge on any atom is -0.463 e. The zero-order valence-electron chi connectivity index (χ0n) is 16.5. The van der Waals surface area contributed by atoms with Crippen molar-refractivity contribution in [3.63, 3.8) is 0 Å². The molecular formula is C21H19Cl2N3O5. The Hall–Kier alpha value is -3.10. The van der Waals surface area contributed by atoms with Gasteiger partial charge in [0, 0.05) is 5.02 Å². The normalized spacial score (nSPS) is 17.1. The summed E-state index contributed by atoms with van der Waals surface area (Å²) in [5.41, 5.74) is 1.91. The summed E-state index contributed by atoms with van der Waals surface area (Å²) < 4.78 is 16.0. The van der Waals surface area contributed by atoms with Gasteiger partial charge in [-0.15, -0.1) is 0 Å². The number of carbonyl (C=O) groups excluding carboxylic acids is 2. The number of halogens is 2. The molecule has 3 N–H and O–H groups in total. The van der Waals surface area contributed by atoms with Crippen LogP contribution in [0.1, 0.15) is 18.5 Å². The molecule has 31 heavy (non-hydrogen) atoms. The van der Waals surface area contributed by atoms with E-state index in [-0.39, 0.29) is 25.5 Å². The van der Waals surface area contributed by atoms with Gasteiger partial charge in [-0.05, 0) is 42.8 Å². The van der Waals surface area contributed by atoms with Crippen LogP contribution in [0.4, 0.5) is 10.5 Å². The quantitative estimate of drug-likeness (QED) is 0.559. The van der Waals surface area contributed by atoms with Gasteiger partial charge in [-0.3, -0.25) is 0 Å². The molecule has 2 aliphatic heterocycles. The van der Waals surface area contributed by atoms with Crippen molar-refractivity contribution in [3.8, 4) is 11.5 Å². The average molecular weight is 464 g/mol. The predicted octanol–water partition coefficient (Wildman–Crippen LogP) is 4.01. The van der Waals surface area contributed by atoms with E-state index in [9.17, 15) is 9.59 Å². The Labute approximate surface area is 188 Å². The van der Waals surface area contributed by atoms with Gasteiger partial charge in [0.25, 0.3) is 0 Å². The average Bonchev–Trinajstić information content (AvgIpc) is 3.20. The first-order chi connectivity index (χ1) is 15.0. The number of anilines is 1. The van der Waals surface area contributed by atoms with E-state index in [1.807, 2.05) is 0 Å². The smallest absolute Gasteiger partial charge is 0.338 e. The zero-order valence-corrected chi connectivity index (χ0v) is 18.0. The number of ether oxygens (including phenoxy) is 3. The summed E-state index contributed by atoms with van der Waals surface area (Å²) in [7, 11) is 0. The lowest BCUT2D eigenvalue weighted by Crippen LogP contribution is -2.47. The van der Waals surface area contributed by atoms with E-state index in [0.717, 1.165) is 0 Å². The third-order valence-electron chi connectivity index (χ3n) is 4.77. The fourth-order valence-electron chi connectivity index (χ4n) is 3.37. The first kappa shape index (κ1) is 21.1. The minimum absolute atomic E-state index is 0.120. The van der Waals surface area contributed by atoms with E-state index < -0.39 is 18.0 Å². The summed E-state index contributed by atoms with van der Waals surface area (Å²) in [6, 6.07) is 9.06. The van der Waals surface area contributed by atoms with Crippen molar-refractivity contribution in [1.82, 2.24) is 10.6 Å². The number of amides is 2. The number of nitrogens with one attached hydrogen (secondary N) is 3. The first-order valence-corrected chi connectivity index (χ1v) is 10.3. The number of urea groups is 1. The second kappa shape index (κ2) is 8.95. The fourth-order valence-corrected chi connectivity index (χ4v) is 3.84. The highest BCUT2D eigenvalue weighted by atomic mass is 35.5. The van der Waals surface area contributed by atoms with Crippen molar-refractivity contribution in [2.24, 2.45) is 0 Å². The van der Waals surface area contributed by atoms with Crippen LogP contribution in [0.2, 0.25) is 10.0 Å². The molecular weight excluding hydrogens is 445 g/mol. The first-order valence-electron chi connectivity index (χ1n) is 9.52. The van der Waals surface area contributed by atoms with Crippen molar-refractivity contribution >= 4 is 40.9 Å². The number of hydrogen-bond acceptors (Lipinski definition) is 6. The second-order valence-electron chi connectivity index (χ2n) is 6.73. The topological polar surface area (TPSA) is 97.9 Å². The predicted molar refractivity (Wildman–Crippen MR) is 116 cm³/mol. The van der Waals surface area contributed by atoms with Gasteiger partial charge in [0.05, 0.1) is 41.2 Å². The van der Waals surface area contributed by atoms with Crippen LogP contribution in [0, 0.1) is 0 Å². The maximum Gasteiger partial charge on any atom is 0.338 e. The molecule has 2 aromatic carbocycles. The molecule has 0 aliphatic carbocycles. The number of rotatable bonds is 6. The molecule has 2 aromatic rings. The van der Waals surface area contributed by atoms with Crippen LogP contribution in [0.3, 0.4) is 0 Å². The molecule has 1 atom stereocenters. The second-order valence-corrected chi connectivity index (χ2v) is 7.58. The molecule has 8 nitrogen and oxygen atoms in total. The van der Waals surface area contributed by atoms with Crippen molar-refractivity contribution in [2.75, 3.05) is 25.3 Å². The van der Waals surface area contributed by atoms with Crippen LogP contribution in [0.5, 0.6) is 11.5 Å². The molecule has 0 fully saturated rings. The van der Waals surface area contributed by atoms with Gasteiger partial charge in [-0.1, -0.05) is 29.3 Å². The van der Waals surface area contributed by atoms with Gasteiger partial charge in [0.15, 0.2) is 11.5 Å². The third-order valence-corrected chi connectivity index (χ3v) is 5.31. The fraction of sp³-hybridized carbons (Fsp3) is 0.238. The Morgan fingerprint density at radius 3 is 2.77 bits per heavy atom. The molecule has 0 bridgehead atoms. The van der Waals surface area contributed by atoms with E-state index in [2.05, 4.69) is 16.0 Å². The van der Waals surface area contributed by atoms with Gasteiger partial charge >= 0.3 is 12.0 Å². The Kier molecular flexibility index (Phi) is 6.11. The Morgan fingerprint density at radius 1 is 1.19 bits per heavy atom. The maximum absolute atomic E-state index is 12.9. The molecule has 4 rings (SSSR count). The molecule has 10 heteroatoms. The lowest BCUT2D eigenvalue weighted by atomic mass is 9.94. The lowest BCUT2D eigenvalue weighted by Gasteiger charge is -2.29. The summed E-state index contributed by atoms with van der Waals surface area (Å²) in [5, 5.41) is 9.53. The largest absolute Gasteiger partial charge is 0.463 e. The Morgan fingerprint density at radius 2 is 2.00 bits per heavy atom. The van der Waals surface area contributed by atoms with Crippen LogP contribution in [-0.4, -0.2) is 31.9 Å². The monoisotopic (exact) mass is 463 g/mol. The van der Waals surface area contributed by atoms with Crippen LogP contribution >= 0.6 is 23.2 Å². The third kappa shape index (κ3) is 4.50. The summed E-state index contributed by atoms with van der Waals surface area (Å²) in [6.45, 7) is 2.15. The highest BCUT2D eigenvalue weighted by Crippen LogP contribution is 2.37. The standard InChI is InChI=1S/C21H19Cl2N3O5/c1-2-29-20(27)18-15(9-24-14-5-4-12(22)8-13(14)23)25-21(28)26-19(18)11-3-6-16-17(7-11)31-10-30-16/h3-8,19,24H,2,9-10H2,1H3,(H2,25,26,28)/t19-/m1/s1. The summed E-state index contributed by atoms with van der Waals surface area (Å²) in [4.78, 5) is 25.3. The van der Waals surface area contributed by atoms with Crippen molar-refractivity contribution in [3.05, 3.63) is 63.3 Å². The Balaban J connectivity index is 1.69. The lowest BCUT2D eigenvalue weighted by molar-refractivity contribution is -0.139. The van der Waals surface area contributed by atoms with Crippen molar-refractivity contribution in [1.29, 1.82) is 0 Å². The SMILES string of the molecule is CCOC(=O)C1=C(CNc2ccc(Cl)cc2Cl)NC(=O)N[C@@H]1c1ccc2c(c1)OCO2. The summed E-state index contributed by atoms with van der Waals surface area (Å²) in [6.07, 6.45) is 0. The number of carbonyl (C=O) groups is 2.